The van der Waals surface area contributed by atoms with Gasteiger partial charge in [0.2, 0.25) is 0 Å². The number of anilines is 3. The Morgan fingerprint density at radius 2 is 1.81 bits per heavy atom. The number of nitrogens with zero attached hydrogens (tertiary/aromatic N) is 2. The Hall–Kier alpha value is -2.56. The zero-order valence-corrected chi connectivity index (χ0v) is 11.6. The number of hydrogen-bond acceptors (Lipinski definition) is 5. The molecule has 0 unspecified atom stereocenters. The summed E-state index contributed by atoms with van der Waals surface area (Å²) in [5, 5.41) is 11.3. The van der Waals surface area contributed by atoms with E-state index in [-0.39, 0.29) is 0 Å². The SMILES string of the molecule is Nc1ccc(Nc2cccc3c2CCCC3)c2nonc12. The predicted octanol–water partition coefficient (Wildman–Crippen LogP) is 3.43. The molecule has 0 saturated heterocycles. The number of nitrogens with one attached hydrogen (secondary N) is 1. The standard InChI is InChI=1S/C16H16N4O/c17-12-8-9-14(16-15(12)19-21-20-16)18-13-7-3-5-10-4-1-2-6-11(10)13/h3,5,7-9,18H,1-2,4,6,17H2. The Labute approximate surface area is 122 Å². The third-order valence-corrected chi connectivity index (χ3v) is 4.11. The van der Waals surface area contributed by atoms with E-state index in [4.69, 9.17) is 10.4 Å². The number of benzene rings is 2. The van der Waals surface area contributed by atoms with Crippen LogP contribution in [-0.2, 0) is 12.8 Å². The minimum Gasteiger partial charge on any atom is -0.397 e. The van der Waals surface area contributed by atoms with Gasteiger partial charge in [-0.2, -0.15) is 0 Å². The molecule has 1 aliphatic rings. The molecule has 4 rings (SSSR count). The zero-order valence-electron chi connectivity index (χ0n) is 11.6. The molecule has 3 N–H and O–H groups in total. The summed E-state index contributed by atoms with van der Waals surface area (Å²) in [5.74, 6) is 0. The van der Waals surface area contributed by atoms with Crippen molar-refractivity contribution in [2.24, 2.45) is 0 Å². The lowest BCUT2D eigenvalue weighted by molar-refractivity contribution is 0.316. The van der Waals surface area contributed by atoms with Crippen molar-refractivity contribution in [1.82, 2.24) is 10.3 Å². The Morgan fingerprint density at radius 3 is 2.76 bits per heavy atom. The van der Waals surface area contributed by atoms with Gasteiger partial charge in [-0.3, -0.25) is 0 Å². The van der Waals surface area contributed by atoms with Crippen molar-refractivity contribution in [2.75, 3.05) is 11.1 Å². The first-order valence-corrected chi connectivity index (χ1v) is 7.21. The van der Waals surface area contributed by atoms with Gasteiger partial charge in [0.1, 0.15) is 0 Å². The van der Waals surface area contributed by atoms with Gasteiger partial charge in [-0.05, 0) is 65.3 Å². The lowest BCUT2D eigenvalue weighted by atomic mass is 9.90. The van der Waals surface area contributed by atoms with Crippen molar-refractivity contribution < 1.29 is 4.63 Å². The maximum atomic E-state index is 5.88. The Balaban J connectivity index is 1.79. The number of fused-ring (bicyclic) bond motifs is 2. The van der Waals surface area contributed by atoms with Crippen LogP contribution in [-0.4, -0.2) is 10.3 Å². The molecule has 3 aromatic rings. The van der Waals surface area contributed by atoms with Crippen LogP contribution in [0.5, 0.6) is 0 Å². The number of nitrogen functional groups attached to an aromatic ring is 1. The third-order valence-electron chi connectivity index (χ3n) is 4.11. The summed E-state index contributed by atoms with van der Waals surface area (Å²) >= 11 is 0. The highest BCUT2D eigenvalue weighted by Crippen LogP contribution is 2.32. The minimum absolute atomic E-state index is 0.576. The van der Waals surface area contributed by atoms with E-state index in [1.165, 1.54) is 24.0 Å². The van der Waals surface area contributed by atoms with Crippen molar-refractivity contribution >= 4 is 28.1 Å². The highest BCUT2D eigenvalue weighted by molar-refractivity contribution is 5.96. The van der Waals surface area contributed by atoms with Crippen molar-refractivity contribution in [3.05, 3.63) is 41.5 Å². The molecule has 0 fully saturated rings. The summed E-state index contributed by atoms with van der Waals surface area (Å²) in [4.78, 5) is 0. The largest absolute Gasteiger partial charge is 0.397 e. The second-order valence-corrected chi connectivity index (χ2v) is 5.44. The van der Waals surface area contributed by atoms with E-state index in [1.807, 2.05) is 12.1 Å². The number of aromatic nitrogens is 2. The fourth-order valence-electron chi connectivity index (χ4n) is 3.03. The molecule has 0 radical (unpaired) electrons. The molecule has 0 amide bonds. The van der Waals surface area contributed by atoms with Gasteiger partial charge in [0.25, 0.3) is 0 Å². The smallest absolute Gasteiger partial charge is 0.160 e. The van der Waals surface area contributed by atoms with E-state index in [2.05, 4.69) is 33.8 Å². The molecule has 1 aliphatic carbocycles. The normalized spacial score (nSPS) is 14.1. The molecule has 0 atom stereocenters. The van der Waals surface area contributed by atoms with E-state index >= 15 is 0 Å². The third kappa shape index (κ3) is 2.01. The van der Waals surface area contributed by atoms with Crippen LogP contribution in [0.15, 0.2) is 35.0 Å². The summed E-state index contributed by atoms with van der Waals surface area (Å²) in [6.45, 7) is 0. The van der Waals surface area contributed by atoms with Crippen LogP contribution < -0.4 is 11.1 Å². The van der Waals surface area contributed by atoms with Gasteiger partial charge in [-0.1, -0.05) is 12.1 Å². The summed E-state index contributed by atoms with van der Waals surface area (Å²) in [6.07, 6.45) is 4.80. The molecular formula is C16H16N4O. The fraction of sp³-hybridized carbons (Fsp3) is 0.250. The molecule has 1 heterocycles. The van der Waals surface area contributed by atoms with Gasteiger partial charge in [-0.15, -0.1) is 0 Å². The van der Waals surface area contributed by atoms with Gasteiger partial charge in [0, 0.05) is 5.69 Å². The predicted molar refractivity (Wildman–Crippen MR) is 82.6 cm³/mol. The quantitative estimate of drug-likeness (QED) is 0.703. The van der Waals surface area contributed by atoms with E-state index in [0.717, 1.165) is 24.2 Å². The van der Waals surface area contributed by atoms with E-state index in [9.17, 15) is 0 Å². The summed E-state index contributed by atoms with van der Waals surface area (Å²) in [7, 11) is 0. The lowest BCUT2D eigenvalue weighted by Crippen LogP contribution is -2.06. The molecule has 21 heavy (non-hydrogen) atoms. The highest BCUT2D eigenvalue weighted by Gasteiger charge is 2.15. The second kappa shape index (κ2) is 4.77. The molecule has 0 aliphatic heterocycles. The van der Waals surface area contributed by atoms with E-state index in [0.29, 0.717) is 16.7 Å². The lowest BCUT2D eigenvalue weighted by Gasteiger charge is -2.20. The second-order valence-electron chi connectivity index (χ2n) is 5.44. The first kappa shape index (κ1) is 12.2. The average Bonchev–Trinajstić information content (AvgIpc) is 3.01. The summed E-state index contributed by atoms with van der Waals surface area (Å²) in [6, 6.07) is 10.2. The summed E-state index contributed by atoms with van der Waals surface area (Å²) in [5.41, 5.74) is 12.6. The molecule has 5 nitrogen and oxygen atoms in total. The first-order chi connectivity index (χ1) is 10.3. The first-order valence-electron chi connectivity index (χ1n) is 7.21. The number of nitrogens with two attached hydrogens (primary N) is 1. The van der Waals surface area contributed by atoms with Gasteiger partial charge in [-0.25, -0.2) is 4.63 Å². The van der Waals surface area contributed by atoms with Crippen LogP contribution in [0.1, 0.15) is 24.0 Å². The maximum absolute atomic E-state index is 5.88. The minimum atomic E-state index is 0.576. The van der Waals surface area contributed by atoms with Crippen LogP contribution in [0.2, 0.25) is 0 Å². The molecule has 106 valence electrons. The van der Waals surface area contributed by atoms with Crippen molar-refractivity contribution in [2.45, 2.75) is 25.7 Å². The van der Waals surface area contributed by atoms with Crippen LogP contribution in [0.3, 0.4) is 0 Å². The van der Waals surface area contributed by atoms with Gasteiger partial charge in [0.15, 0.2) is 11.0 Å². The molecular weight excluding hydrogens is 264 g/mol. The monoisotopic (exact) mass is 280 g/mol. The average molecular weight is 280 g/mol. The van der Waals surface area contributed by atoms with E-state index in [1.54, 1.807) is 0 Å². The molecule has 0 bridgehead atoms. The van der Waals surface area contributed by atoms with Crippen molar-refractivity contribution in [3.8, 4) is 0 Å². The van der Waals surface area contributed by atoms with Crippen molar-refractivity contribution in [1.29, 1.82) is 0 Å². The summed E-state index contributed by atoms with van der Waals surface area (Å²) < 4.78 is 4.82. The molecule has 1 aromatic heterocycles. The number of rotatable bonds is 2. The molecule has 2 aromatic carbocycles. The number of aryl methyl sites for hydroxylation is 1. The fourth-order valence-corrected chi connectivity index (χ4v) is 3.03. The van der Waals surface area contributed by atoms with Crippen molar-refractivity contribution in [3.63, 3.8) is 0 Å². The Bertz CT molecular complexity index is 809. The molecule has 0 spiro atoms. The topological polar surface area (TPSA) is 77.0 Å². The van der Waals surface area contributed by atoms with Crippen LogP contribution in [0, 0.1) is 0 Å². The Kier molecular flexibility index (Phi) is 2.77. The van der Waals surface area contributed by atoms with Crippen LogP contribution in [0.25, 0.3) is 11.0 Å². The highest BCUT2D eigenvalue weighted by atomic mass is 16.6. The zero-order chi connectivity index (χ0) is 14.2. The molecule has 5 heteroatoms. The molecule has 0 saturated carbocycles. The van der Waals surface area contributed by atoms with E-state index < -0.39 is 0 Å². The van der Waals surface area contributed by atoms with Gasteiger partial charge in [0.05, 0.1) is 11.4 Å². The van der Waals surface area contributed by atoms with Crippen LogP contribution in [0.4, 0.5) is 17.1 Å². The number of hydrogen-bond donors (Lipinski definition) is 2. The Morgan fingerprint density at radius 1 is 0.952 bits per heavy atom. The van der Waals surface area contributed by atoms with Gasteiger partial charge >= 0.3 is 0 Å². The van der Waals surface area contributed by atoms with Crippen LogP contribution >= 0.6 is 0 Å². The van der Waals surface area contributed by atoms with Gasteiger partial charge < -0.3 is 11.1 Å². The maximum Gasteiger partial charge on any atom is 0.160 e.